The van der Waals surface area contributed by atoms with Crippen LogP contribution in [0.25, 0.3) is 0 Å². The highest BCUT2D eigenvalue weighted by Gasteiger charge is 2.34. The number of amides is 1. The Balaban J connectivity index is 3.06. The summed E-state index contributed by atoms with van der Waals surface area (Å²) in [6, 6.07) is 3.87. The number of halogens is 1. The predicted octanol–water partition coefficient (Wildman–Crippen LogP) is 2.73. The average Bonchev–Trinajstić information content (AvgIpc) is 2.38. The van der Waals surface area contributed by atoms with Gasteiger partial charge in [0.15, 0.2) is 0 Å². The molecule has 0 aliphatic carbocycles. The summed E-state index contributed by atoms with van der Waals surface area (Å²) in [6.07, 6.45) is 0.830. The lowest BCUT2D eigenvalue weighted by atomic mass is 9.95. The zero-order chi connectivity index (χ0) is 16.2. The first kappa shape index (κ1) is 17.1. The van der Waals surface area contributed by atoms with Crippen molar-refractivity contribution in [2.24, 2.45) is 0 Å². The molecule has 0 saturated heterocycles. The summed E-state index contributed by atoms with van der Waals surface area (Å²) in [5.74, 6) is -1.81. The zero-order valence-electron chi connectivity index (χ0n) is 11.6. The molecule has 1 aromatic rings. The van der Waals surface area contributed by atoms with Crippen LogP contribution in [0.1, 0.15) is 37.0 Å². The molecule has 0 aliphatic heterocycles. The number of benzene rings is 1. The molecule has 114 valence electrons. The lowest BCUT2D eigenvalue weighted by Gasteiger charge is -2.25. The van der Waals surface area contributed by atoms with Gasteiger partial charge < -0.3 is 10.4 Å². The van der Waals surface area contributed by atoms with Gasteiger partial charge in [-0.15, -0.1) is 0 Å². The van der Waals surface area contributed by atoms with Gasteiger partial charge in [0.1, 0.15) is 5.54 Å². The number of carboxylic acid groups (broad SMARTS) is 1. The van der Waals surface area contributed by atoms with Gasteiger partial charge in [-0.05, 0) is 41.4 Å². The third-order valence-electron chi connectivity index (χ3n) is 3.02. The van der Waals surface area contributed by atoms with Crippen molar-refractivity contribution in [2.75, 3.05) is 0 Å². The highest BCUT2D eigenvalue weighted by Crippen LogP contribution is 2.26. The van der Waals surface area contributed by atoms with Crippen molar-refractivity contribution in [2.45, 2.75) is 32.2 Å². The van der Waals surface area contributed by atoms with E-state index < -0.39 is 22.3 Å². The minimum Gasteiger partial charge on any atom is -0.480 e. The predicted molar refractivity (Wildman–Crippen MR) is 79.2 cm³/mol. The van der Waals surface area contributed by atoms with Crippen LogP contribution in [0, 0.1) is 10.1 Å². The van der Waals surface area contributed by atoms with E-state index in [1.807, 2.05) is 0 Å². The van der Waals surface area contributed by atoms with E-state index in [9.17, 15) is 24.8 Å². The maximum atomic E-state index is 12.1. The maximum absolute atomic E-state index is 12.1. The van der Waals surface area contributed by atoms with Crippen molar-refractivity contribution in [1.29, 1.82) is 0 Å². The van der Waals surface area contributed by atoms with Gasteiger partial charge in [-0.25, -0.2) is 4.79 Å². The lowest BCUT2D eigenvalue weighted by molar-refractivity contribution is -0.385. The van der Waals surface area contributed by atoms with E-state index in [1.54, 1.807) is 6.92 Å². The number of nitrogens with zero attached hydrogens (tertiary/aromatic N) is 1. The molecule has 0 fully saturated rings. The van der Waals surface area contributed by atoms with Gasteiger partial charge in [0, 0.05) is 11.6 Å². The van der Waals surface area contributed by atoms with Crippen molar-refractivity contribution in [1.82, 2.24) is 5.32 Å². The van der Waals surface area contributed by atoms with Crippen molar-refractivity contribution < 1.29 is 19.6 Å². The van der Waals surface area contributed by atoms with Gasteiger partial charge in [0.05, 0.1) is 9.40 Å². The Hall–Kier alpha value is -1.96. The highest BCUT2D eigenvalue weighted by molar-refractivity contribution is 9.10. The fourth-order valence-corrected chi connectivity index (χ4v) is 2.23. The summed E-state index contributed by atoms with van der Waals surface area (Å²) < 4.78 is 0.249. The Bertz CT molecular complexity index is 590. The van der Waals surface area contributed by atoms with Gasteiger partial charge in [0.2, 0.25) is 0 Å². The number of nitrogens with one attached hydrogen (secondary N) is 1. The SMILES string of the molecule is CCCC(C)(NC(=O)c1ccc(Br)c([N+](=O)[O-])c1)C(=O)O. The van der Waals surface area contributed by atoms with Crippen LogP contribution in [0.2, 0.25) is 0 Å². The zero-order valence-corrected chi connectivity index (χ0v) is 13.1. The number of hydrogen-bond donors (Lipinski definition) is 2. The topological polar surface area (TPSA) is 110 Å². The minimum atomic E-state index is -1.41. The fraction of sp³-hybridized carbons (Fsp3) is 0.385. The molecule has 21 heavy (non-hydrogen) atoms. The fourth-order valence-electron chi connectivity index (χ4n) is 1.84. The van der Waals surface area contributed by atoms with Gasteiger partial charge in [-0.1, -0.05) is 13.3 Å². The normalized spacial score (nSPS) is 13.3. The number of aliphatic carboxylic acids is 1. The average molecular weight is 359 g/mol. The first-order valence-corrected chi connectivity index (χ1v) is 7.00. The molecule has 0 bridgehead atoms. The largest absolute Gasteiger partial charge is 0.480 e. The third-order valence-corrected chi connectivity index (χ3v) is 3.69. The van der Waals surface area contributed by atoms with Crippen LogP contribution < -0.4 is 5.32 Å². The van der Waals surface area contributed by atoms with Crippen LogP contribution in [0.15, 0.2) is 22.7 Å². The Morgan fingerprint density at radius 2 is 2.10 bits per heavy atom. The summed E-state index contributed by atoms with van der Waals surface area (Å²) in [4.78, 5) is 33.6. The van der Waals surface area contributed by atoms with Gasteiger partial charge in [-0.2, -0.15) is 0 Å². The van der Waals surface area contributed by atoms with Gasteiger partial charge in [0.25, 0.3) is 11.6 Å². The van der Waals surface area contributed by atoms with Gasteiger partial charge >= 0.3 is 5.97 Å². The van der Waals surface area contributed by atoms with Crippen molar-refractivity contribution >= 4 is 33.5 Å². The monoisotopic (exact) mass is 358 g/mol. The van der Waals surface area contributed by atoms with Crippen molar-refractivity contribution in [3.63, 3.8) is 0 Å². The van der Waals surface area contributed by atoms with Crippen LogP contribution in [0.5, 0.6) is 0 Å². The highest BCUT2D eigenvalue weighted by atomic mass is 79.9. The second kappa shape index (κ2) is 6.66. The summed E-state index contributed by atoms with van der Waals surface area (Å²) in [7, 11) is 0. The molecular formula is C13H15BrN2O5. The number of carboxylic acids is 1. The molecule has 8 heteroatoms. The second-order valence-corrected chi connectivity index (χ2v) is 5.62. The summed E-state index contributed by atoms with van der Waals surface area (Å²) >= 11 is 3.02. The van der Waals surface area contributed by atoms with Crippen molar-refractivity contribution in [3.05, 3.63) is 38.3 Å². The van der Waals surface area contributed by atoms with Crippen LogP contribution in [-0.2, 0) is 4.79 Å². The standard InChI is InChI=1S/C13H15BrN2O5/c1-3-6-13(2,12(18)19)15-11(17)8-4-5-9(14)10(7-8)16(20)21/h4-5,7H,3,6H2,1-2H3,(H,15,17)(H,18,19). The molecule has 1 atom stereocenters. The molecule has 0 spiro atoms. The molecule has 0 aliphatic rings. The summed E-state index contributed by atoms with van der Waals surface area (Å²) in [6.45, 7) is 3.21. The minimum absolute atomic E-state index is 0.0356. The van der Waals surface area contributed by atoms with Crippen LogP contribution in [0.3, 0.4) is 0 Å². The number of rotatable bonds is 6. The second-order valence-electron chi connectivity index (χ2n) is 4.76. The molecule has 0 aromatic heterocycles. The molecule has 2 N–H and O–H groups in total. The van der Waals surface area contributed by atoms with E-state index in [-0.39, 0.29) is 22.1 Å². The molecule has 1 rings (SSSR count). The lowest BCUT2D eigenvalue weighted by Crippen LogP contribution is -2.52. The number of hydrogen-bond acceptors (Lipinski definition) is 4. The molecule has 0 heterocycles. The molecule has 1 aromatic carbocycles. The first-order valence-electron chi connectivity index (χ1n) is 6.21. The van der Waals surface area contributed by atoms with E-state index in [1.165, 1.54) is 19.1 Å². The Kier molecular flexibility index (Phi) is 5.42. The third kappa shape index (κ3) is 4.01. The van der Waals surface area contributed by atoms with E-state index in [0.717, 1.165) is 6.07 Å². The Morgan fingerprint density at radius 1 is 1.48 bits per heavy atom. The smallest absolute Gasteiger partial charge is 0.329 e. The van der Waals surface area contributed by atoms with E-state index in [0.29, 0.717) is 6.42 Å². The molecular weight excluding hydrogens is 344 g/mol. The number of nitro groups is 1. The first-order chi connectivity index (χ1) is 9.71. The van der Waals surface area contributed by atoms with Crippen molar-refractivity contribution in [3.8, 4) is 0 Å². The molecule has 7 nitrogen and oxygen atoms in total. The van der Waals surface area contributed by atoms with Gasteiger partial charge in [-0.3, -0.25) is 14.9 Å². The van der Waals surface area contributed by atoms with E-state index in [4.69, 9.17) is 0 Å². The summed E-state index contributed by atoms with van der Waals surface area (Å²) in [5, 5.41) is 22.5. The van der Waals surface area contributed by atoms with E-state index >= 15 is 0 Å². The molecule has 0 radical (unpaired) electrons. The summed E-state index contributed by atoms with van der Waals surface area (Å²) in [5.41, 5.74) is -1.63. The number of carbonyl (C=O) groups is 2. The van der Waals surface area contributed by atoms with Crippen LogP contribution >= 0.6 is 15.9 Å². The number of nitro benzene ring substituents is 1. The Labute approximate surface area is 129 Å². The van der Waals surface area contributed by atoms with Crippen LogP contribution in [0.4, 0.5) is 5.69 Å². The molecule has 0 saturated carbocycles. The van der Waals surface area contributed by atoms with Crippen LogP contribution in [-0.4, -0.2) is 27.4 Å². The quantitative estimate of drug-likeness (QED) is 0.600. The molecule has 1 amide bonds. The number of carbonyl (C=O) groups excluding carboxylic acids is 1. The Morgan fingerprint density at radius 3 is 2.57 bits per heavy atom. The molecule has 1 unspecified atom stereocenters. The maximum Gasteiger partial charge on any atom is 0.329 e. The van der Waals surface area contributed by atoms with E-state index in [2.05, 4.69) is 21.2 Å².